The van der Waals surface area contributed by atoms with Gasteiger partial charge in [-0.2, -0.15) is 0 Å². The van der Waals surface area contributed by atoms with Gasteiger partial charge in [0.1, 0.15) is 0 Å². The van der Waals surface area contributed by atoms with Gasteiger partial charge in [-0.1, -0.05) is 34.6 Å². The monoisotopic (exact) mass is 175 g/mol. The van der Waals surface area contributed by atoms with E-state index in [0.29, 0.717) is 12.0 Å². The van der Waals surface area contributed by atoms with Crippen LogP contribution in [0.2, 0.25) is 0 Å². The molecule has 0 aliphatic rings. The predicted octanol–water partition coefficient (Wildman–Crippen LogP) is 2.03. The Hall–Kier alpha value is -0.0800. The Morgan fingerprint density at radius 1 is 1.25 bits per heavy atom. The van der Waals surface area contributed by atoms with Crippen molar-refractivity contribution in [1.29, 1.82) is 0 Å². The van der Waals surface area contributed by atoms with Crippen LogP contribution in [0, 0.1) is 5.92 Å². The van der Waals surface area contributed by atoms with Crippen molar-refractivity contribution >= 4 is 0 Å². The van der Waals surface area contributed by atoms with Crippen LogP contribution in [0.5, 0.6) is 0 Å². The summed E-state index contributed by atoms with van der Waals surface area (Å²) in [5, 5.41) is 12.0. The first-order chi connectivity index (χ1) is 5.72. The van der Waals surface area contributed by atoms with Crippen LogP contribution in [0.1, 0.15) is 41.0 Å². The van der Waals surface area contributed by atoms with Crippen LogP contribution in [-0.4, -0.2) is 24.3 Å². The molecule has 0 aromatic heterocycles. The van der Waals surface area contributed by atoms with Crippen molar-refractivity contribution in [3.63, 3.8) is 0 Å². The quantitative estimate of drug-likeness (QED) is 0.670. The summed E-state index contributed by atoms with van der Waals surface area (Å²) in [6.45, 7) is 11.7. The van der Waals surface area contributed by atoms with E-state index < -0.39 is 0 Å². The molecule has 2 heteroatoms. The minimum Gasteiger partial charge on any atom is -0.396 e. The molecule has 0 aliphatic carbocycles. The van der Waals surface area contributed by atoms with E-state index in [4.69, 9.17) is 5.11 Å². The van der Waals surface area contributed by atoms with Gasteiger partial charge in [0.2, 0.25) is 0 Å². The number of hydrogen-bond acceptors (Lipinski definition) is 2. The highest BCUT2D eigenvalue weighted by molar-refractivity contribution is 4.68. The highest BCUT2D eigenvalue weighted by Gasteiger charge is 2.09. The molecule has 0 aromatic rings. The van der Waals surface area contributed by atoms with Crippen molar-refractivity contribution in [1.82, 2.24) is 5.32 Å². The third-order valence-corrected chi connectivity index (χ3v) is 1.71. The Labute approximate surface area is 77.4 Å². The molecule has 0 rings (SSSR count). The van der Waals surface area contributed by atoms with Gasteiger partial charge < -0.3 is 10.4 Å². The summed E-state index contributed by atoms with van der Waals surface area (Å²) in [6, 6.07) is 0.481. The highest BCUT2D eigenvalue weighted by atomic mass is 16.3. The van der Waals surface area contributed by atoms with E-state index >= 15 is 0 Å². The molecule has 0 spiro atoms. The van der Waals surface area contributed by atoms with E-state index in [1.807, 2.05) is 13.8 Å². The molecular weight excluding hydrogens is 150 g/mol. The van der Waals surface area contributed by atoms with Crippen LogP contribution in [0.3, 0.4) is 0 Å². The zero-order chi connectivity index (χ0) is 9.98. The molecule has 0 saturated heterocycles. The van der Waals surface area contributed by atoms with Crippen LogP contribution in [0.4, 0.5) is 0 Å². The van der Waals surface area contributed by atoms with Crippen LogP contribution in [0.25, 0.3) is 0 Å². The standard InChI is InChI=1S/C8H19NO.C2H6/c1-4-9-8(5-6-10)7(2)3;1-2/h7-10H,4-6H2,1-3H3;1-2H3. The van der Waals surface area contributed by atoms with Gasteiger partial charge in [0.05, 0.1) is 0 Å². The highest BCUT2D eigenvalue weighted by Crippen LogP contribution is 2.04. The largest absolute Gasteiger partial charge is 0.396 e. The second-order valence-corrected chi connectivity index (χ2v) is 2.92. The van der Waals surface area contributed by atoms with E-state index in [1.165, 1.54) is 0 Å². The normalized spacial score (nSPS) is 12.2. The van der Waals surface area contributed by atoms with E-state index in [-0.39, 0.29) is 6.61 Å². The average Bonchev–Trinajstić information content (AvgIpc) is 2.08. The van der Waals surface area contributed by atoms with Crippen molar-refractivity contribution < 1.29 is 5.11 Å². The van der Waals surface area contributed by atoms with Crippen LogP contribution >= 0.6 is 0 Å². The molecule has 0 saturated carbocycles. The fraction of sp³-hybridized carbons (Fsp3) is 1.00. The summed E-state index contributed by atoms with van der Waals surface area (Å²) < 4.78 is 0. The van der Waals surface area contributed by atoms with E-state index in [2.05, 4.69) is 26.1 Å². The lowest BCUT2D eigenvalue weighted by Gasteiger charge is -2.20. The fourth-order valence-corrected chi connectivity index (χ4v) is 1.07. The van der Waals surface area contributed by atoms with Gasteiger partial charge in [0.15, 0.2) is 0 Å². The van der Waals surface area contributed by atoms with Crippen molar-refractivity contribution in [3.8, 4) is 0 Å². The molecule has 0 heterocycles. The molecule has 0 bridgehead atoms. The number of nitrogens with one attached hydrogen (secondary N) is 1. The Morgan fingerprint density at radius 3 is 2.00 bits per heavy atom. The first kappa shape index (κ1) is 14.4. The molecule has 0 amide bonds. The number of hydrogen-bond donors (Lipinski definition) is 2. The molecule has 2 N–H and O–H groups in total. The van der Waals surface area contributed by atoms with Gasteiger partial charge in [-0.3, -0.25) is 0 Å². The third kappa shape index (κ3) is 8.02. The summed E-state index contributed by atoms with van der Waals surface area (Å²) in [7, 11) is 0. The summed E-state index contributed by atoms with van der Waals surface area (Å²) in [5.74, 6) is 0.618. The number of aliphatic hydroxyl groups is 1. The molecule has 1 unspecified atom stereocenters. The molecule has 76 valence electrons. The van der Waals surface area contributed by atoms with Gasteiger partial charge in [0, 0.05) is 12.6 Å². The van der Waals surface area contributed by atoms with Crippen LogP contribution < -0.4 is 5.32 Å². The lowest BCUT2D eigenvalue weighted by molar-refractivity contribution is 0.246. The van der Waals surface area contributed by atoms with Crippen molar-refractivity contribution in [2.24, 2.45) is 5.92 Å². The molecular formula is C10H25NO. The molecule has 1 atom stereocenters. The maximum absolute atomic E-state index is 8.67. The lowest BCUT2D eigenvalue weighted by Crippen LogP contribution is -2.34. The SMILES string of the molecule is CC.CCNC(CCO)C(C)C. The van der Waals surface area contributed by atoms with Crippen LogP contribution in [-0.2, 0) is 0 Å². The topological polar surface area (TPSA) is 32.3 Å². The smallest absolute Gasteiger partial charge is 0.0445 e. The summed E-state index contributed by atoms with van der Waals surface area (Å²) in [4.78, 5) is 0. The molecule has 2 nitrogen and oxygen atoms in total. The van der Waals surface area contributed by atoms with Gasteiger partial charge in [0.25, 0.3) is 0 Å². The van der Waals surface area contributed by atoms with Crippen molar-refractivity contribution in [2.75, 3.05) is 13.2 Å². The Morgan fingerprint density at radius 2 is 1.75 bits per heavy atom. The Bertz CT molecular complexity index is 68.2. The Balaban J connectivity index is 0. The second-order valence-electron chi connectivity index (χ2n) is 2.92. The van der Waals surface area contributed by atoms with Gasteiger partial charge in [-0.05, 0) is 18.9 Å². The minimum atomic E-state index is 0.288. The van der Waals surface area contributed by atoms with E-state index in [0.717, 1.165) is 13.0 Å². The predicted molar refractivity (Wildman–Crippen MR) is 55.4 cm³/mol. The Kier molecular flexibility index (Phi) is 13.1. The average molecular weight is 175 g/mol. The fourth-order valence-electron chi connectivity index (χ4n) is 1.07. The summed E-state index contributed by atoms with van der Waals surface area (Å²) >= 11 is 0. The lowest BCUT2D eigenvalue weighted by atomic mass is 10.0. The van der Waals surface area contributed by atoms with Gasteiger partial charge in [-0.25, -0.2) is 0 Å². The number of aliphatic hydroxyl groups excluding tert-OH is 1. The zero-order valence-corrected chi connectivity index (χ0v) is 9.22. The number of rotatable bonds is 5. The zero-order valence-electron chi connectivity index (χ0n) is 9.22. The van der Waals surface area contributed by atoms with Gasteiger partial charge >= 0.3 is 0 Å². The maximum atomic E-state index is 8.67. The van der Waals surface area contributed by atoms with Crippen molar-refractivity contribution in [2.45, 2.75) is 47.1 Å². The third-order valence-electron chi connectivity index (χ3n) is 1.71. The molecule has 0 aromatic carbocycles. The molecule has 0 radical (unpaired) electrons. The minimum absolute atomic E-state index is 0.288. The first-order valence-electron chi connectivity index (χ1n) is 5.06. The summed E-state index contributed by atoms with van der Waals surface area (Å²) in [6.07, 6.45) is 0.867. The second kappa shape index (κ2) is 10.9. The molecule has 0 aliphatic heterocycles. The van der Waals surface area contributed by atoms with E-state index in [1.54, 1.807) is 0 Å². The summed E-state index contributed by atoms with van der Waals surface area (Å²) in [5.41, 5.74) is 0. The molecule has 12 heavy (non-hydrogen) atoms. The van der Waals surface area contributed by atoms with Crippen LogP contribution in [0.15, 0.2) is 0 Å². The van der Waals surface area contributed by atoms with Gasteiger partial charge in [-0.15, -0.1) is 0 Å². The maximum Gasteiger partial charge on any atom is 0.0445 e. The van der Waals surface area contributed by atoms with Crippen molar-refractivity contribution in [3.05, 3.63) is 0 Å². The van der Waals surface area contributed by atoms with E-state index in [9.17, 15) is 0 Å². The molecule has 0 fully saturated rings. The first-order valence-corrected chi connectivity index (χ1v) is 5.06.